The lowest BCUT2D eigenvalue weighted by Gasteiger charge is -2.35. The summed E-state index contributed by atoms with van der Waals surface area (Å²) in [5.41, 5.74) is -0.656. The van der Waals surface area contributed by atoms with Crippen LogP contribution in [0.25, 0.3) is 0 Å². The smallest absolute Gasteiger partial charge is 0.323 e. The number of carbonyl (C=O) groups is 1. The van der Waals surface area contributed by atoms with E-state index in [0.29, 0.717) is 6.04 Å². The lowest BCUT2D eigenvalue weighted by molar-refractivity contribution is -0.146. The first-order valence-corrected chi connectivity index (χ1v) is 7.15. The molecule has 0 aromatic carbocycles. The molecule has 1 aliphatic carbocycles. The predicted octanol–water partition coefficient (Wildman–Crippen LogP) is 3.33. The number of rotatable bonds is 5. The summed E-state index contributed by atoms with van der Waals surface area (Å²) >= 11 is 0. The molecule has 3 heteroatoms. The van der Waals surface area contributed by atoms with Gasteiger partial charge in [0, 0.05) is 6.04 Å². The first-order chi connectivity index (χ1) is 8.14. The summed E-state index contributed by atoms with van der Waals surface area (Å²) in [6.45, 7) is 4.25. The lowest BCUT2D eigenvalue weighted by atomic mass is 9.83. The molecule has 17 heavy (non-hydrogen) atoms. The standard InChI is InChI=1S/C14H27NO2/c1-3-12(4-2)15-14(13(16)17)10-8-6-5-7-9-11-14/h12,15H,3-11H2,1-2H3,(H,16,17). The van der Waals surface area contributed by atoms with Crippen molar-refractivity contribution in [2.75, 3.05) is 0 Å². The topological polar surface area (TPSA) is 49.3 Å². The van der Waals surface area contributed by atoms with Crippen molar-refractivity contribution in [3.05, 3.63) is 0 Å². The maximum Gasteiger partial charge on any atom is 0.323 e. The second-order valence-corrected chi connectivity index (χ2v) is 5.31. The molecule has 0 aliphatic heterocycles. The second-order valence-electron chi connectivity index (χ2n) is 5.31. The van der Waals surface area contributed by atoms with Crippen LogP contribution < -0.4 is 5.32 Å². The molecule has 3 nitrogen and oxygen atoms in total. The van der Waals surface area contributed by atoms with E-state index in [1.165, 1.54) is 19.3 Å². The number of carboxylic acid groups (broad SMARTS) is 1. The van der Waals surface area contributed by atoms with Crippen LogP contribution in [-0.4, -0.2) is 22.7 Å². The van der Waals surface area contributed by atoms with E-state index >= 15 is 0 Å². The molecule has 0 atom stereocenters. The average Bonchev–Trinajstić information content (AvgIpc) is 2.28. The van der Waals surface area contributed by atoms with Gasteiger partial charge in [-0.1, -0.05) is 46.0 Å². The highest BCUT2D eigenvalue weighted by Gasteiger charge is 2.38. The van der Waals surface area contributed by atoms with Gasteiger partial charge >= 0.3 is 5.97 Å². The van der Waals surface area contributed by atoms with Crippen LogP contribution >= 0.6 is 0 Å². The van der Waals surface area contributed by atoms with Gasteiger partial charge < -0.3 is 5.11 Å². The molecule has 0 aromatic rings. The number of nitrogens with one attached hydrogen (secondary N) is 1. The summed E-state index contributed by atoms with van der Waals surface area (Å²) in [4.78, 5) is 11.6. The molecule has 100 valence electrons. The molecule has 1 aliphatic rings. The maximum absolute atomic E-state index is 11.6. The Labute approximate surface area is 105 Å². The van der Waals surface area contributed by atoms with Crippen LogP contribution in [0.1, 0.15) is 71.6 Å². The summed E-state index contributed by atoms with van der Waals surface area (Å²) in [5.74, 6) is -0.647. The molecule has 0 spiro atoms. The molecule has 1 saturated carbocycles. The Morgan fingerprint density at radius 1 is 1.12 bits per heavy atom. The Hall–Kier alpha value is -0.570. The van der Waals surface area contributed by atoms with Gasteiger partial charge in [-0.05, 0) is 25.7 Å². The Morgan fingerprint density at radius 3 is 2.00 bits per heavy atom. The van der Waals surface area contributed by atoms with E-state index in [4.69, 9.17) is 0 Å². The highest BCUT2D eigenvalue weighted by molar-refractivity contribution is 5.78. The van der Waals surface area contributed by atoms with Crippen LogP contribution in [0.3, 0.4) is 0 Å². The Morgan fingerprint density at radius 2 is 1.59 bits per heavy atom. The van der Waals surface area contributed by atoms with Crippen molar-refractivity contribution in [3.8, 4) is 0 Å². The van der Waals surface area contributed by atoms with Gasteiger partial charge in [0.05, 0.1) is 0 Å². The van der Waals surface area contributed by atoms with E-state index in [2.05, 4.69) is 19.2 Å². The third kappa shape index (κ3) is 3.98. The van der Waals surface area contributed by atoms with Gasteiger partial charge in [0.2, 0.25) is 0 Å². The predicted molar refractivity (Wildman–Crippen MR) is 70.2 cm³/mol. The maximum atomic E-state index is 11.6. The molecule has 2 N–H and O–H groups in total. The SMILES string of the molecule is CCC(CC)NC1(C(=O)O)CCCCCCC1. The molecule has 0 unspecified atom stereocenters. The first kappa shape index (κ1) is 14.5. The average molecular weight is 241 g/mol. The minimum absolute atomic E-state index is 0.338. The highest BCUT2D eigenvalue weighted by atomic mass is 16.4. The molecule has 1 rings (SSSR count). The Bertz CT molecular complexity index is 228. The van der Waals surface area contributed by atoms with Crippen LogP contribution in [0.15, 0.2) is 0 Å². The van der Waals surface area contributed by atoms with Crippen molar-refractivity contribution < 1.29 is 9.90 Å². The van der Waals surface area contributed by atoms with Crippen LogP contribution in [0, 0.1) is 0 Å². The van der Waals surface area contributed by atoms with Crippen LogP contribution in [0.5, 0.6) is 0 Å². The van der Waals surface area contributed by atoms with E-state index in [1.54, 1.807) is 0 Å². The van der Waals surface area contributed by atoms with E-state index in [9.17, 15) is 9.90 Å². The van der Waals surface area contributed by atoms with Gasteiger partial charge in [0.15, 0.2) is 0 Å². The van der Waals surface area contributed by atoms with Crippen molar-refractivity contribution in [1.29, 1.82) is 0 Å². The van der Waals surface area contributed by atoms with E-state index < -0.39 is 11.5 Å². The minimum atomic E-state index is -0.656. The zero-order chi connectivity index (χ0) is 12.7. The third-order valence-corrected chi connectivity index (χ3v) is 4.08. The fourth-order valence-corrected chi connectivity index (χ4v) is 2.81. The number of carboxylic acids is 1. The van der Waals surface area contributed by atoms with Crippen LogP contribution in [0.2, 0.25) is 0 Å². The van der Waals surface area contributed by atoms with E-state index in [1.807, 2.05) is 0 Å². The molecule has 0 amide bonds. The lowest BCUT2D eigenvalue weighted by Crippen LogP contribution is -2.56. The minimum Gasteiger partial charge on any atom is -0.480 e. The van der Waals surface area contributed by atoms with Crippen LogP contribution in [0.4, 0.5) is 0 Å². The quantitative estimate of drug-likeness (QED) is 0.776. The van der Waals surface area contributed by atoms with Gasteiger partial charge in [0.25, 0.3) is 0 Å². The summed E-state index contributed by atoms with van der Waals surface area (Å²) in [6, 6.07) is 0.338. The molecular formula is C14H27NO2. The third-order valence-electron chi connectivity index (χ3n) is 4.08. The van der Waals surface area contributed by atoms with Crippen LogP contribution in [-0.2, 0) is 4.79 Å². The molecular weight excluding hydrogens is 214 g/mol. The second kappa shape index (κ2) is 7.00. The zero-order valence-corrected chi connectivity index (χ0v) is 11.3. The first-order valence-electron chi connectivity index (χ1n) is 7.15. The van der Waals surface area contributed by atoms with Crippen molar-refractivity contribution in [3.63, 3.8) is 0 Å². The van der Waals surface area contributed by atoms with Gasteiger partial charge in [0.1, 0.15) is 5.54 Å². The Balaban J connectivity index is 2.74. The summed E-state index contributed by atoms with van der Waals surface area (Å²) in [6.07, 6.45) is 9.30. The number of aliphatic carboxylic acids is 1. The number of hydrogen-bond acceptors (Lipinski definition) is 2. The van der Waals surface area contributed by atoms with Crippen molar-refractivity contribution in [2.45, 2.75) is 83.2 Å². The van der Waals surface area contributed by atoms with Crippen molar-refractivity contribution in [1.82, 2.24) is 5.32 Å². The summed E-state index contributed by atoms with van der Waals surface area (Å²) in [5, 5.41) is 13.0. The fraction of sp³-hybridized carbons (Fsp3) is 0.929. The zero-order valence-electron chi connectivity index (χ0n) is 11.3. The monoisotopic (exact) mass is 241 g/mol. The van der Waals surface area contributed by atoms with Gasteiger partial charge in [-0.15, -0.1) is 0 Å². The summed E-state index contributed by atoms with van der Waals surface area (Å²) in [7, 11) is 0. The molecule has 0 saturated heterocycles. The van der Waals surface area contributed by atoms with Gasteiger partial charge in [-0.3, -0.25) is 10.1 Å². The number of hydrogen-bond donors (Lipinski definition) is 2. The van der Waals surface area contributed by atoms with Crippen molar-refractivity contribution in [2.24, 2.45) is 0 Å². The summed E-state index contributed by atoms with van der Waals surface area (Å²) < 4.78 is 0. The highest BCUT2D eigenvalue weighted by Crippen LogP contribution is 2.28. The molecule has 0 heterocycles. The van der Waals surface area contributed by atoms with Gasteiger partial charge in [-0.25, -0.2) is 0 Å². The molecule has 0 bridgehead atoms. The Kier molecular flexibility index (Phi) is 5.96. The molecule has 0 radical (unpaired) electrons. The molecule has 1 fully saturated rings. The van der Waals surface area contributed by atoms with E-state index in [-0.39, 0.29) is 0 Å². The van der Waals surface area contributed by atoms with Gasteiger partial charge in [-0.2, -0.15) is 0 Å². The van der Waals surface area contributed by atoms with E-state index in [0.717, 1.165) is 38.5 Å². The largest absolute Gasteiger partial charge is 0.480 e. The molecule has 0 aromatic heterocycles. The van der Waals surface area contributed by atoms with Crippen molar-refractivity contribution >= 4 is 5.97 Å². The fourth-order valence-electron chi connectivity index (χ4n) is 2.81. The normalized spacial score (nSPS) is 20.9.